The van der Waals surface area contributed by atoms with E-state index >= 15 is 0 Å². The number of rotatable bonds is 7. The predicted molar refractivity (Wildman–Crippen MR) is 153 cm³/mol. The van der Waals surface area contributed by atoms with Crippen molar-refractivity contribution >= 4 is 23.6 Å². The Labute approximate surface area is 238 Å². The maximum atomic E-state index is 13.8. The number of aromatic nitrogens is 3. The van der Waals surface area contributed by atoms with Gasteiger partial charge in [-0.15, -0.1) is 5.10 Å². The van der Waals surface area contributed by atoms with Crippen LogP contribution >= 0.6 is 0 Å². The van der Waals surface area contributed by atoms with Crippen molar-refractivity contribution < 1.29 is 18.8 Å². The second kappa shape index (κ2) is 11.3. The van der Waals surface area contributed by atoms with Gasteiger partial charge in [0.1, 0.15) is 11.5 Å². The summed E-state index contributed by atoms with van der Waals surface area (Å²) in [6.07, 6.45) is 6.77. The van der Waals surface area contributed by atoms with Crippen LogP contribution in [0.4, 0.5) is 10.1 Å². The molecule has 1 unspecified atom stereocenters. The van der Waals surface area contributed by atoms with E-state index < -0.39 is 22.9 Å². The lowest BCUT2D eigenvalue weighted by Crippen LogP contribution is -2.26. The topological polar surface area (TPSA) is 116 Å². The highest BCUT2D eigenvalue weighted by Crippen LogP contribution is 2.37. The lowest BCUT2D eigenvalue weighted by Gasteiger charge is -2.19. The van der Waals surface area contributed by atoms with Crippen LogP contribution in [0.1, 0.15) is 22.9 Å². The molecule has 0 saturated carbocycles. The molecule has 1 aliphatic rings. The van der Waals surface area contributed by atoms with E-state index in [-0.39, 0.29) is 11.6 Å². The minimum Gasteiger partial charge on any atom is -0.445 e. The Balaban J connectivity index is 1.41. The summed E-state index contributed by atoms with van der Waals surface area (Å²) in [5.74, 6) is -0.687. The van der Waals surface area contributed by atoms with Crippen LogP contribution in [0, 0.1) is 15.9 Å². The molecular formula is C31H21FN6O4. The van der Waals surface area contributed by atoms with Gasteiger partial charge in [-0.05, 0) is 72.3 Å². The maximum Gasteiger partial charge on any atom is 0.270 e. The highest BCUT2D eigenvalue weighted by molar-refractivity contribution is 5.99. The van der Waals surface area contributed by atoms with E-state index in [1.54, 1.807) is 59.7 Å². The summed E-state index contributed by atoms with van der Waals surface area (Å²) in [6, 6.07) is 24.5. The number of hydrogen-bond acceptors (Lipinski definition) is 7. The number of nitro benzene ring substituents is 1. The highest BCUT2D eigenvalue weighted by Gasteiger charge is 2.37. The van der Waals surface area contributed by atoms with E-state index in [9.17, 15) is 19.3 Å². The Morgan fingerprint density at radius 3 is 2.33 bits per heavy atom. The second-order valence-electron chi connectivity index (χ2n) is 9.20. The van der Waals surface area contributed by atoms with Gasteiger partial charge < -0.3 is 4.74 Å². The number of para-hydroxylation sites is 1. The van der Waals surface area contributed by atoms with Crippen LogP contribution < -0.4 is 0 Å². The first-order valence-corrected chi connectivity index (χ1v) is 12.8. The van der Waals surface area contributed by atoms with Gasteiger partial charge in [-0.3, -0.25) is 19.9 Å². The van der Waals surface area contributed by atoms with Gasteiger partial charge in [0.05, 0.1) is 16.2 Å². The summed E-state index contributed by atoms with van der Waals surface area (Å²) in [7, 11) is 0. The third kappa shape index (κ3) is 5.39. The summed E-state index contributed by atoms with van der Waals surface area (Å²) in [5.41, 5.74) is 3.55. The van der Waals surface area contributed by atoms with Gasteiger partial charge in [-0.25, -0.2) is 9.07 Å². The first-order valence-electron chi connectivity index (χ1n) is 12.8. The van der Waals surface area contributed by atoms with E-state index in [1.165, 1.54) is 41.4 Å². The van der Waals surface area contributed by atoms with E-state index in [0.717, 1.165) is 5.69 Å². The van der Waals surface area contributed by atoms with E-state index in [2.05, 4.69) is 10.1 Å². The molecule has 11 heteroatoms. The van der Waals surface area contributed by atoms with E-state index in [0.29, 0.717) is 27.9 Å². The summed E-state index contributed by atoms with van der Waals surface area (Å²) in [5, 5.41) is 21.5. The third-order valence-corrected chi connectivity index (χ3v) is 6.47. The number of ether oxygens (including phenoxy) is 1. The van der Waals surface area contributed by atoms with Gasteiger partial charge >= 0.3 is 0 Å². The molecule has 0 radical (unpaired) electrons. The number of benzene rings is 3. The summed E-state index contributed by atoms with van der Waals surface area (Å²) in [6.45, 7) is 0. The van der Waals surface area contributed by atoms with Crippen LogP contribution in [0.5, 0.6) is 0 Å². The average Bonchev–Trinajstić information content (AvgIpc) is 3.67. The number of carbonyl (C=O) groups excluding carboxylic acids is 1. The fraction of sp³-hybridized carbons (Fsp3) is 0.0323. The number of nitro groups is 1. The number of pyridine rings is 1. The fourth-order valence-electron chi connectivity index (χ4n) is 4.37. The molecule has 0 saturated heterocycles. The van der Waals surface area contributed by atoms with Crippen molar-refractivity contribution in [3.8, 4) is 16.9 Å². The standard InChI is InChI=1S/C31H21FN6O4/c32-24-11-9-22(10-12-24)29-27(20-36(34-29)25-4-2-1-3-5-25)31-37(35-30(42-31)23-16-18-33-19-17-23)28(39)15-8-21-6-13-26(14-7-21)38(40)41/h1-20,31H/b15-8+. The quantitative estimate of drug-likeness (QED) is 0.139. The van der Waals surface area contributed by atoms with Crippen molar-refractivity contribution in [2.45, 2.75) is 6.23 Å². The molecule has 0 bridgehead atoms. The highest BCUT2D eigenvalue weighted by atomic mass is 19.1. The molecule has 1 atom stereocenters. The van der Waals surface area contributed by atoms with E-state index in [4.69, 9.17) is 9.84 Å². The molecule has 1 aliphatic heterocycles. The SMILES string of the molecule is O=C(/C=C/c1ccc([N+](=O)[O-])cc1)N1N=C(c2ccncc2)OC1c1cn(-c2ccccc2)nc1-c1ccc(F)cc1. The smallest absolute Gasteiger partial charge is 0.270 e. The van der Waals surface area contributed by atoms with Crippen LogP contribution in [0.25, 0.3) is 23.0 Å². The molecule has 42 heavy (non-hydrogen) atoms. The molecule has 2 aromatic heterocycles. The van der Waals surface area contributed by atoms with Gasteiger partial charge in [-0.1, -0.05) is 18.2 Å². The molecular weight excluding hydrogens is 539 g/mol. The number of hydrazone groups is 1. The zero-order valence-electron chi connectivity index (χ0n) is 21.8. The Hall–Kier alpha value is -5.97. The molecule has 3 aromatic carbocycles. The molecule has 3 heterocycles. The largest absolute Gasteiger partial charge is 0.445 e. The number of nitrogens with zero attached hydrogens (tertiary/aromatic N) is 6. The zero-order chi connectivity index (χ0) is 29.1. The summed E-state index contributed by atoms with van der Waals surface area (Å²) >= 11 is 0. The van der Waals surface area contributed by atoms with Crippen molar-refractivity contribution in [3.63, 3.8) is 0 Å². The Morgan fingerprint density at radius 2 is 1.64 bits per heavy atom. The lowest BCUT2D eigenvalue weighted by molar-refractivity contribution is -0.384. The molecule has 0 spiro atoms. The fourth-order valence-corrected chi connectivity index (χ4v) is 4.37. The second-order valence-corrected chi connectivity index (χ2v) is 9.20. The van der Waals surface area contributed by atoms with Gasteiger partial charge in [0, 0.05) is 47.9 Å². The number of halogens is 1. The molecule has 1 amide bonds. The molecule has 0 N–H and O–H groups in total. The Morgan fingerprint density at radius 1 is 0.929 bits per heavy atom. The molecule has 10 nitrogen and oxygen atoms in total. The number of carbonyl (C=O) groups is 1. The zero-order valence-corrected chi connectivity index (χ0v) is 21.8. The first-order chi connectivity index (χ1) is 20.5. The normalized spacial score (nSPS) is 14.5. The van der Waals surface area contributed by atoms with Crippen molar-refractivity contribution in [1.29, 1.82) is 0 Å². The van der Waals surface area contributed by atoms with Crippen LogP contribution in [0.3, 0.4) is 0 Å². The predicted octanol–water partition coefficient (Wildman–Crippen LogP) is 5.91. The number of hydrogen-bond donors (Lipinski definition) is 0. The van der Waals surface area contributed by atoms with Gasteiger partial charge in [0.15, 0.2) is 0 Å². The molecule has 6 rings (SSSR count). The van der Waals surface area contributed by atoms with Crippen molar-refractivity contribution in [1.82, 2.24) is 19.8 Å². The van der Waals surface area contributed by atoms with Crippen molar-refractivity contribution in [3.05, 3.63) is 148 Å². The minimum atomic E-state index is -1.01. The number of amides is 1. The van der Waals surface area contributed by atoms with Crippen LogP contribution in [-0.4, -0.2) is 36.5 Å². The van der Waals surface area contributed by atoms with Gasteiger partial charge in [-0.2, -0.15) is 10.1 Å². The van der Waals surface area contributed by atoms with Crippen LogP contribution in [0.15, 0.2) is 121 Å². The molecule has 0 fully saturated rings. The van der Waals surface area contributed by atoms with Gasteiger partial charge in [0.25, 0.3) is 11.6 Å². The van der Waals surface area contributed by atoms with Crippen LogP contribution in [0.2, 0.25) is 0 Å². The van der Waals surface area contributed by atoms with E-state index in [1.807, 2.05) is 30.3 Å². The molecule has 5 aromatic rings. The maximum absolute atomic E-state index is 13.8. The molecule has 206 valence electrons. The first kappa shape index (κ1) is 26.3. The third-order valence-electron chi connectivity index (χ3n) is 6.47. The Bertz CT molecular complexity index is 1800. The van der Waals surface area contributed by atoms with Gasteiger partial charge in [0.2, 0.25) is 12.1 Å². The Kier molecular flexibility index (Phi) is 7.04. The van der Waals surface area contributed by atoms with Crippen LogP contribution in [-0.2, 0) is 9.53 Å². The average molecular weight is 561 g/mol. The summed E-state index contributed by atoms with van der Waals surface area (Å²) in [4.78, 5) is 28.1. The lowest BCUT2D eigenvalue weighted by atomic mass is 10.1. The molecule has 0 aliphatic carbocycles. The summed E-state index contributed by atoms with van der Waals surface area (Å²) < 4.78 is 21.8. The monoisotopic (exact) mass is 560 g/mol. The van der Waals surface area contributed by atoms with Crippen molar-refractivity contribution in [2.24, 2.45) is 5.10 Å². The van der Waals surface area contributed by atoms with Crippen molar-refractivity contribution in [2.75, 3.05) is 0 Å². The minimum absolute atomic E-state index is 0.0539. The number of non-ortho nitro benzene ring substituents is 1.